The fourth-order valence-corrected chi connectivity index (χ4v) is 3.94. The highest BCUT2D eigenvalue weighted by Gasteiger charge is 2.28. The van der Waals surface area contributed by atoms with E-state index in [4.69, 9.17) is 9.47 Å². The van der Waals surface area contributed by atoms with Crippen LogP contribution in [0.4, 0.5) is 10.5 Å². The van der Waals surface area contributed by atoms with Gasteiger partial charge in [0.1, 0.15) is 18.9 Å². The van der Waals surface area contributed by atoms with Gasteiger partial charge in [-0.3, -0.25) is 5.32 Å². The Morgan fingerprint density at radius 2 is 1.72 bits per heavy atom. The summed E-state index contributed by atoms with van der Waals surface area (Å²) in [5, 5.41) is 2.85. The third-order valence-electron chi connectivity index (χ3n) is 5.86. The van der Waals surface area contributed by atoms with E-state index in [1.165, 1.54) is 58.0 Å². The number of carbonyl (C=O) groups is 1. The van der Waals surface area contributed by atoms with Crippen molar-refractivity contribution in [2.75, 3.05) is 44.7 Å². The summed E-state index contributed by atoms with van der Waals surface area (Å²) in [6, 6.07) is 7.58. The van der Waals surface area contributed by atoms with Gasteiger partial charge < -0.3 is 30.9 Å². The third-order valence-corrected chi connectivity index (χ3v) is 5.86. The van der Waals surface area contributed by atoms with Gasteiger partial charge in [-0.25, -0.2) is 4.79 Å². The molecule has 0 aromatic heterocycles. The standard InChI is InChI=1S/C23H38N2O3.BrH/c1-3-5-6-7-13-19-27-22-15-10-9-14-21(22)24-23(26)28-20-18-25(4-2)16-11-8-12-17-25;/h9-10,14-15H,3-8,11-13,16-20H2,1-2H3;1H. The van der Waals surface area contributed by atoms with Crippen molar-refractivity contribution in [3.63, 3.8) is 0 Å². The van der Waals surface area contributed by atoms with Crippen molar-refractivity contribution in [1.82, 2.24) is 0 Å². The zero-order valence-corrected chi connectivity index (χ0v) is 19.8. The Kier molecular flexibility index (Phi) is 13.0. The number of unbranched alkanes of at least 4 members (excludes halogenated alkanes) is 4. The molecule has 1 N–H and O–H groups in total. The zero-order valence-electron chi connectivity index (χ0n) is 18.3. The minimum absolute atomic E-state index is 0. The van der Waals surface area contributed by atoms with Gasteiger partial charge in [-0.2, -0.15) is 0 Å². The number of piperidine rings is 1. The number of halogens is 1. The Hall–Kier alpha value is -1.27. The van der Waals surface area contributed by atoms with Crippen LogP contribution in [0.5, 0.6) is 5.75 Å². The monoisotopic (exact) mass is 470 g/mol. The summed E-state index contributed by atoms with van der Waals surface area (Å²) in [7, 11) is 0. The molecule has 6 heteroatoms. The molecule has 0 bridgehead atoms. The number of amides is 1. The van der Waals surface area contributed by atoms with Crippen molar-refractivity contribution in [2.45, 2.75) is 65.2 Å². The first-order chi connectivity index (χ1) is 13.7. The van der Waals surface area contributed by atoms with E-state index in [0.29, 0.717) is 24.7 Å². The molecule has 1 saturated heterocycles. The van der Waals surface area contributed by atoms with Gasteiger partial charge in [0.2, 0.25) is 0 Å². The summed E-state index contributed by atoms with van der Waals surface area (Å²) in [4.78, 5) is 12.3. The van der Waals surface area contributed by atoms with Crippen LogP contribution in [-0.4, -0.2) is 50.0 Å². The van der Waals surface area contributed by atoms with E-state index in [9.17, 15) is 4.79 Å². The molecule has 166 valence electrons. The lowest BCUT2D eigenvalue weighted by Crippen LogP contribution is -3.00. The Labute approximate surface area is 187 Å². The van der Waals surface area contributed by atoms with E-state index in [-0.39, 0.29) is 17.0 Å². The van der Waals surface area contributed by atoms with Gasteiger partial charge in [0.05, 0.1) is 31.9 Å². The molecule has 2 rings (SSSR count). The summed E-state index contributed by atoms with van der Waals surface area (Å²) < 4.78 is 12.4. The number of quaternary nitrogens is 1. The Morgan fingerprint density at radius 1 is 1.00 bits per heavy atom. The average Bonchev–Trinajstić information content (AvgIpc) is 2.72. The molecule has 1 aromatic carbocycles. The molecule has 0 atom stereocenters. The maximum Gasteiger partial charge on any atom is 0.411 e. The molecule has 1 aliphatic heterocycles. The number of likely N-dealkylation sites (tertiary alicyclic amines) is 1. The topological polar surface area (TPSA) is 47.6 Å². The fourth-order valence-electron chi connectivity index (χ4n) is 3.94. The van der Waals surface area contributed by atoms with Gasteiger partial charge in [-0.05, 0) is 44.7 Å². The second kappa shape index (κ2) is 14.7. The minimum atomic E-state index is -0.398. The molecule has 1 amide bonds. The molecule has 0 radical (unpaired) electrons. The molecule has 0 aliphatic carbocycles. The number of hydrogen-bond donors (Lipinski definition) is 1. The first-order valence-electron chi connectivity index (χ1n) is 11.2. The number of para-hydroxylation sites is 2. The number of carbonyl (C=O) groups excluding carboxylic acids is 1. The fraction of sp³-hybridized carbons (Fsp3) is 0.696. The second-order valence-corrected chi connectivity index (χ2v) is 7.91. The van der Waals surface area contributed by atoms with Crippen molar-refractivity contribution >= 4 is 11.8 Å². The summed E-state index contributed by atoms with van der Waals surface area (Å²) in [5.41, 5.74) is 0.679. The average molecular weight is 471 g/mol. The number of rotatable bonds is 12. The molecule has 1 aromatic rings. The van der Waals surface area contributed by atoms with Gasteiger partial charge in [0, 0.05) is 0 Å². The SMILES string of the molecule is CCCCCCCOc1ccccc1NC(=O)OCC[N+]1(CC)CCCCC1.[Br-]. The van der Waals surface area contributed by atoms with Crippen molar-refractivity contribution in [1.29, 1.82) is 0 Å². The molecule has 0 spiro atoms. The molecule has 1 aliphatic rings. The Morgan fingerprint density at radius 3 is 2.45 bits per heavy atom. The number of anilines is 1. The maximum atomic E-state index is 12.3. The van der Waals surface area contributed by atoms with Gasteiger partial charge in [-0.1, -0.05) is 44.7 Å². The smallest absolute Gasteiger partial charge is 0.411 e. The van der Waals surface area contributed by atoms with Crippen molar-refractivity contribution in [2.24, 2.45) is 0 Å². The van der Waals surface area contributed by atoms with E-state index in [1.807, 2.05) is 24.3 Å². The molecule has 5 nitrogen and oxygen atoms in total. The van der Waals surface area contributed by atoms with Gasteiger partial charge >= 0.3 is 6.09 Å². The Balaban J connectivity index is 0.00000420. The quantitative estimate of drug-likeness (QED) is 0.377. The minimum Gasteiger partial charge on any atom is -1.00 e. The van der Waals surface area contributed by atoms with E-state index in [2.05, 4.69) is 19.2 Å². The van der Waals surface area contributed by atoms with E-state index in [0.717, 1.165) is 24.0 Å². The van der Waals surface area contributed by atoms with Crippen LogP contribution in [0.15, 0.2) is 24.3 Å². The van der Waals surface area contributed by atoms with Crippen molar-refractivity contribution in [3.05, 3.63) is 24.3 Å². The summed E-state index contributed by atoms with van der Waals surface area (Å²) in [6.45, 7) is 10.0. The molecule has 1 heterocycles. The first kappa shape index (κ1) is 25.8. The predicted molar refractivity (Wildman–Crippen MR) is 115 cm³/mol. The summed E-state index contributed by atoms with van der Waals surface area (Å²) in [5.74, 6) is 0.711. The number of likely N-dealkylation sites (N-methyl/N-ethyl adjacent to an activating group) is 1. The third kappa shape index (κ3) is 9.39. The number of ether oxygens (including phenoxy) is 2. The normalized spacial score (nSPS) is 15.2. The van der Waals surface area contributed by atoms with Crippen LogP contribution in [0.1, 0.15) is 65.2 Å². The molecular weight excluding hydrogens is 432 g/mol. The molecule has 29 heavy (non-hydrogen) atoms. The number of benzene rings is 1. The highest BCUT2D eigenvalue weighted by atomic mass is 79.9. The van der Waals surface area contributed by atoms with Crippen LogP contribution >= 0.6 is 0 Å². The van der Waals surface area contributed by atoms with Crippen molar-refractivity contribution in [3.8, 4) is 5.75 Å². The summed E-state index contributed by atoms with van der Waals surface area (Å²) in [6.07, 6.45) is 9.49. The molecular formula is C23H39BrN2O3. The van der Waals surface area contributed by atoms with Gasteiger partial charge in [0.25, 0.3) is 0 Å². The lowest BCUT2D eigenvalue weighted by Gasteiger charge is -2.40. The zero-order chi connectivity index (χ0) is 20.1. The highest BCUT2D eigenvalue weighted by molar-refractivity contribution is 5.86. The lowest BCUT2D eigenvalue weighted by atomic mass is 10.1. The van der Waals surface area contributed by atoms with Crippen LogP contribution in [0, 0.1) is 0 Å². The maximum absolute atomic E-state index is 12.3. The van der Waals surface area contributed by atoms with Gasteiger partial charge in [0.15, 0.2) is 0 Å². The molecule has 0 unspecified atom stereocenters. The van der Waals surface area contributed by atoms with Crippen LogP contribution < -0.4 is 27.0 Å². The molecule has 0 saturated carbocycles. The van der Waals surface area contributed by atoms with Crippen LogP contribution in [0.3, 0.4) is 0 Å². The Bertz CT molecular complexity index is 577. The van der Waals surface area contributed by atoms with E-state index >= 15 is 0 Å². The highest BCUT2D eigenvalue weighted by Crippen LogP contribution is 2.24. The number of hydrogen-bond acceptors (Lipinski definition) is 3. The predicted octanol–water partition coefficient (Wildman–Crippen LogP) is 2.61. The largest absolute Gasteiger partial charge is 1.00 e. The van der Waals surface area contributed by atoms with Gasteiger partial charge in [-0.15, -0.1) is 0 Å². The van der Waals surface area contributed by atoms with Crippen LogP contribution in [0.2, 0.25) is 0 Å². The van der Waals surface area contributed by atoms with E-state index < -0.39 is 6.09 Å². The molecule has 1 fully saturated rings. The van der Waals surface area contributed by atoms with Crippen LogP contribution in [-0.2, 0) is 4.74 Å². The van der Waals surface area contributed by atoms with Crippen LogP contribution in [0.25, 0.3) is 0 Å². The summed E-state index contributed by atoms with van der Waals surface area (Å²) >= 11 is 0. The number of nitrogens with one attached hydrogen (secondary N) is 1. The lowest BCUT2D eigenvalue weighted by molar-refractivity contribution is -0.930. The second-order valence-electron chi connectivity index (χ2n) is 7.91. The number of nitrogens with zero attached hydrogens (tertiary/aromatic N) is 1. The van der Waals surface area contributed by atoms with E-state index in [1.54, 1.807) is 0 Å². The first-order valence-corrected chi connectivity index (χ1v) is 11.2. The van der Waals surface area contributed by atoms with Crippen molar-refractivity contribution < 1.29 is 35.7 Å².